The van der Waals surface area contributed by atoms with Gasteiger partial charge in [-0.05, 0) is 15.9 Å². The molecule has 0 atom stereocenters. The van der Waals surface area contributed by atoms with E-state index in [4.69, 9.17) is 5.11 Å². The summed E-state index contributed by atoms with van der Waals surface area (Å²) in [5.41, 5.74) is 0.109. The fraction of sp³-hybridized carbons (Fsp3) is 0.200. The molecule has 0 aliphatic carbocycles. The number of aldehydes is 1. The Hall–Kier alpha value is 0.320. The Morgan fingerprint density at radius 1 is 1.45 bits per heavy atom. The van der Waals surface area contributed by atoms with Gasteiger partial charge < -0.3 is 5.11 Å². The van der Waals surface area contributed by atoms with Crippen LogP contribution in [0.1, 0.15) is 0 Å². The minimum Gasteiger partial charge on any atom is -0.477 e. The number of hydrogen-bond donors (Lipinski definition) is 1. The number of alkyl halides is 2. The minimum absolute atomic E-state index is 0.109. The van der Waals surface area contributed by atoms with Crippen molar-refractivity contribution in [2.75, 3.05) is 0 Å². The third-order valence-corrected chi connectivity index (χ3v) is 2.59. The van der Waals surface area contributed by atoms with E-state index in [9.17, 15) is 9.59 Å². The van der Waals surface area contributed by atoms with E-state index in [1.165, 1.54) is 0 Å². The van der Waals surface area contributed by atoms with Crippen LogP contribution in [0.4, 0.5) is 0 Å². The maximum Gasteiger partial charge on any atom is 0.343 e. The molecule has 0 bridgehead atoms. The third-order valence-electron chi connectivity index (χ3n) is 0.803. The smallest absolute Gasteiger partial charge is 0.343 e. The highest BCUT2D eigenvalue weighted by atomic mass is 79.9. The molecule has 0 radical (unpaired) electrons. The Balaban J connectivity index is 4.83. The zero-order valence-electron chi connectivity index (χ0n) is 5.05. The summed E-state index contributed by atoms with van der Waals surface area (Å²) < 4.78 is -0.593. The number of rotatable bonds is 3. The van der Waals surface area contributed by atoms with Gasteiger partial charge in [-0.15, -0.1) is 0 Å². The maximum atomic E-state index is 10.3. The van der Waals surface area contributed by atoms with Crippen LogP contribution in [0.25, 0.3) is 0 Å². The van der Waals surface area contributed by atoms with E-state index < -0.39 is 9.71 Å². The number of carboxylic acid groups (broad SMARTS) is 1. The Labute approximate surface area is 88.2 Å². The molecule has 0 unspecified atom stereocenters. The molecule has 0 aliphatic rings. The lowest BCUT2D eigenvalue weighted by molar-refractivity contribution is -0.132. The van der Waals surface area contributed by atoms with Gasteiger partial charge >= 0.3 is 5.97 Å². The predicted molar refractivity (Wildman–Crippen MR) is 51.3 cm³/mol. The molecule has 0 saturated heterocycles. The molecule has 0 amide bonds. The minimum atomic E-state index is -1.17. The van der Waals surface area contributed by atoms with E-state index in [1.807, 2.05) is 0 Å². The van der Waals surface area contributed by atoms with Crippen molar-refractivity contribution in [3.63, 3.8) is 0 Å². The van der Waals surface area contributed by atoms with Gasteiger partial charge in [0.15, 0.2) is 0 Å². The van der Waals surface area contributed by atoms with E-state index in [2.05, 4.69) is 47.8 Å². The van der Waals surface area contributed by atoms with Crippen LogP contribution in [0.5, 0.6) is 0 Å². The first kappa shape index (κ1) is 11.3. The molecule has 1 N–H and O–H groups in total. The van der Waals surface area contributed by atoms with E-state index in [-0.39, 0.29) is 10.1 Å². The van der Waals surface area contributed by atoms with Crippen molar-refractivity contribution in [3.8, 4) is 0 Å². The third kappa shape index (κ3) is 3.48. The van der Waals surface area contributed by atoms with Crippen LogP contribution in [-0.2, 0) is 9.59 Å². The van der Waals surface area contributed by atoms with Gasteiger partial charge in [-0.2, -0.15) is 0 Å². The predicted octanol–water partition coefficient (Wildman–Crippen LogP) is 2.03. The first-order valence-corrected chi connectivity index (χ1v) is 4.99. The quantitative estimate of drug-likeness (QED) is 0.481. The second-order valence-electron chi connectivity index (χ2n) is 1.49. The highest BCUT2D eigenvalue weighted by Gasteiger charge is 2.15. The van der Waals surface area contributed by atoms with Crippen LogP contribution in [0.3, 0.4) is 0 Å². The summed E-state index contributed by atoms with van der Waals surface area (Å²) in [6.45, 7) is 0. The summed E-state index contributed by atoms with van der Waals surface area (Å²) in [5.74, 6) is -1.17. The number of carboxylic acids is 1. The van der Waals surface area contributed by atoms with Crippen molar-refractivity contribution in [2.24, 2.45) is 0 Å². The van der Waals surface area contributed by atoms with E-state index in [1.54, 1.807) is 0 Å². The summed E-state index contributed by atoms with van der Waals surface area (Å²) in [6.07, 6.45) is 0.465. The van der Waals surface area contributed by atoms with E-state index >= 15 is 0 Å². The Bertz CT molecular complexity index is 209. The van der Waals surface area contributed by atoms with Crippen LogP contribution in [0.2, 0.25) is 0 Å². The fourth-order valence-electron chi connectivity index (χ4n) is 0.322. The number of allylic oxidation sites excluding steroid dienone is 1. The topological polar surface area (TPSA) is 54.4 Å². The lowest BCUT2D eigenvalue weighted by Gasteiger charge is -2.00. The lowest BCUT2D eigenvalue weighted by atomic mass is 10.3. The standard InChI is InChI=1S/C5H3Br3O3/c6-3(5(10)11)2(1-9)4(7)8/h1,4H,(H,10,11)/b3-2+. The highest BCUT2D eigenvalue weighted by Crippen LogP contribution is 2.23. The van der Waals surface area contributed by atoms with Gasteiger partial charge in [-0.25, -0.2) is 4.79 Å². The van der Waals surface area contributed by atoms with Gasteiger partial charge in [0.05, 0.1) is 3.74 Å². The number of carbonyl (C=O) groups excluding carboxylic acids is 1. The van der Waals surface area contributed by atoms with Crippen molar-refractivity contribution in [2.45, 2.75) is 3.74 Å². The van der Waals surface area contributed by atoms with Gasteiger partial charge in [0.2, 0.25) is 0 Å². The molecule has 0 spiro atoms. The van der Waals surface area contributed by atoms with Crippen LogP contribution >= 0.6 is 47.8 Å². The molecular weight excluding hydrogens is 348 g/mol. The molecule has 0 aromatic heterocycles. The molecule has 0 aromatic carbocycles. The largest absolute Gasteiger partial charge is 0.477 e. The Kier molecular flexibility index (Phi) is 5.20. The van der Waals surface area contributed by atoms with Crippen molar-refractivity contribution in [1.29, 1.82) is 0 Å². The molecular formula is C5H3Br3O3. The van der Waals surface area contributed by atoms with Gasteiger partial charge in [-0.3, -0.25) is 4.79 Å². The van der Waals surface area contributed by atoms with Gasteiger partial charge in [0.25, 0.3) is 0 Å². The van der Waals surface area contributed by atoms with Crippen molar-refractivity contribution < 1.29 is 14.7 Å². The normalized spacial score (nSPS) is 12.7. The van der Waals surface area contributed by atoms with Gasteiger partial charge in [0, 0.05) is 5.57 Å². The lowest BCUT2D eigenvalue weighted by Crippen LogP contribution is -2.04. The number of carbonyl (C=O) groups is 2. The highest BCUT2D eigenvalue weighted by molar-refractivity contribution is 9.24. The molecule has 0 fully saturated rings. The first-order valence-electron chi connectivity index (χ1n) is 2.37. The van der Waals surface area contributed by atoms with Crippen molar-refractivity contribution in [1.82, 2.24) is 0 Å². The molecule has 3 nitrogen and oxygen atoms in total. The SMILES string of the molecule is O=C/C(=C(\Br)C(=O)O)C(Br)Br. The second-order valence-corrected chi connectivity index (χ2v) is 5.35. The van der Waals surface area contributed by atoms with Crippen molar-refractivity contribution >= 4 is 60.0 Å². The Morgan fingerprint density at radius 2 is 1.91 bits per heavy atom. The molecule has 6 heteroatoms. The van der Waals surface area contributed by atoms with Crippen LogP contribution in [0.15, 0.2) is 10.1 Å². The average molecular weight is 351 g/mol. The molecule has 0 saturated carbocycles. The monoisotopic (exact) mass is 348 g/mol. The number of hydrogen-bond acceptors (Lipinski definition) is 2. The van der Waals surface area contributed by atoms with Gasteiger partial charge in [-0.1, -0.05) is 31.9 Å². The first-order chi connectivity index (χ1) is 5.00. The van der Waals surface area contributed by atoms with Crippen LogP contribution in [-0.4, -0.2) is 21.1 Å². The fourth-order valence-corrected chi connectivity index (χ4v) is 1.93. The molecule has 11 heavy (non-hydrogen) atoms. The summed E-state index contributed by atoms with van der Waals surface area (Å²) in [5, 5.41) is 8.43. The van der Waals surface area contributed by atoms with Gasteiger partial charge in [0.1, 0.15) is 10.8 Å². The summed E-state index contributed by atoms with van der Waals surface area (Å²) in [6, 6.07) is 0. The van der Waals surface area contributed by atoms with Crippen molar-refractivity contribution in [3.05, 3.63) is 10.1 Å². The molecule has 0 aliphatic heterocycles. The second kappa shape index (κ2) is 5.05. The number of aliphatic carboxylic acids is 1. The van der Waals surface area contributed by atoms with E-state index in [0.717, 1.165) is 0 Å². The van der Waals surface area contributed by atoms with Crippen LogP contribution < -0.4 is 0 Å². The zero-order valence-corrected chi connectivity index (χ0v) is 9.81. The average Bonchev–Trinajstić information content (AvgIpc) is 1.88. The zero-order chi connectivity index (χ0) is 9.02. The summed E-state index contributed by atoms with van der Waals surface area (Å²) in [7, 11) is 0. The summed E-state index contributed by atoms with van der Waals surface area (Å²) >= 11 is 8.77. The molecule has 0 aromatic rings. The maximum absolute atomic E-state index is 10.3. The molecule has 0 heterocycles. The molecule has 62 valence electrons. The summed E-state index contributed by atoms with van der Waals surface area (Å²) in [4.78, 5) is 20.6. The number of halogens is 3. The van der Waals surface area contributed by atoms with Crippen LogP contribution in [0, 0.1) is 0 Å². The molecule has 0 rings (SSSR count). The Morgan fingerprint density at radius 3 is 2.00 bits per heavy atom. The van der Waals surface area contributed by atoms with E-state index in [0.29, 0.717) is 6.29 Å².